The highest BCUT2D eigenvalue weighted by Crippen LogP contribution is 2.17. The molecular formula is C15H22ClN3. The van der Waals surface area contributed by atoms with Crippen LogP contribution >= 0.6 is 11.6 Å². The number of aliphatic imine (C=N–C) groups is 1. The van der Waals surface area contributed by atoms with E-state index in [1.807, 2.05) is 31.2 Å². The Morgan fingerprint density at radius 3 is 2.89 bits per heavy atom. The minimum atomic E-state index is 0.159. The molecule has 104 valence electrons. The number of hydrogen-bond donors (Lipinski definition) is 2. The molecule has 0 radical (unpaired) electrons. The summed E-state index contributed by atoms with van der Waals surface area (Å²) in [4.78, 5) is 4.21. The summed E-state index contributed by atoms with van der Waals surface area (Å²) < 4.78 is 0. The van der Waals surface area contributed by atoms with Gasteiger partial charge in [-0.1, -0.05) is 35.9 Å². The molecule has 0 heterocycles. The fourth-order valence-corrected chi connectivity index (χ4v) is 1.90. The Bertz CT molecular complexity index is 441. The summed E-state index contributed by atoms with van der Waals surface area (Å²) in [5.74, 6) is 0.803. The van der Waals surface area contributed by atoms with Gasteiger partial charge in [0.1, 0.15) is 0 Å². The van der Waals surface area contributed by atoms with Crippen LogP contribution in [0.4, 0.5) is 0 Å². The summed E-state index contributed by atoms with van der Waals surface area (Å²) in [5, 5.41) is 7.37. The molecule has 0 aliphatic rings. The van der Waals surface area contributed by atoms with Crippen molar-refractivity contribution in [3.05, 3.63) is 47.0 Å². The minimum absolute atomic E-state index is 0.159. The van der Waals surface area contributed by atoms with Gasteiger partial charge in [-0.25, -0.2) is 0 Å². The maximum Gasteiger partial charge on any atom is 0.191 e. The van der Waals surface area contributed by atoms with E-state index in [1.165, 1.54) is 0 Å². The van der Waals surface area contributed by atoms with Crippen molar-refractivity contribution in [1.82, 2.24) is 10.6 Å². The zero-order valence-corrected chi connectivity index (χ0v) is 12.5. The van der Waals surface area contributed by atoms with Crippen LogP contribution in [0.15, 0.2) is 41.4 Å². The molecule has 0 bridgehead atoms. The van der Waals surface area contributed by atoms with E-state index in [1.54, 1.807) is 7.05 Å². The summed E-state index contributed by atoms with van der Waals surface area (Å²) in [6.45, 7) is 4.98. The normalized spacial score (nSPS) is 13.6. The topological polar surface area (TPSA) is 36.4 Å². The molecule has 1 unspecified atom stereocenters. The highest BCUT2D eigenvalue weighted by atomic mass is 35.5. The van der Waals surface area contributed by atoms with Crippen molar-refractivity contribution in [2.45, 2.75) is 26.3 Å². The first-order chi connectivity index (χ1) is 9.17. The monoisotopic (exact) mass is 279 g/mol. The van der Waals surface area contributed by atoms with E-state index in [2.05, 4.69) is 34.7 Å². The Balaban J connectivity index is 2.51. The van der Waals surface area contributed by atoms with E-state index in [0.29, 0.717) is 0 Å². The second-order valence-electron chi connectivity index (χ2n) is 4.28. The van der Waals surface area contributed by atoms with E-state index in [4.69, 9.17) is 11.6 Å². The van der Waals surface area contributed by atoms with Crippen LogP contribution < -0.4 is 10.6 Å². The predicted octanol–water partition coefficient (Wildman–Crippen LogP) is 3.53. The van der Waals surface area contributed by atoms with Crippen LogP contribution in [0.5, 0.6) is 0 Å². The van der Waals surface area contributed by atoms with Crippen molar-refractivity contribution in [3.63, 3.8) is 0 Å². The van der Waals surface area contributed by atoms with Gasteiger partial charge in [0.05, 0.1) is 6.04 Å². The van der Waals surface area contributed by atoms with Gasteiger partial charge < -0.3 is 10.6 Å². The third-order valence-electron chi connectivity index (χ3n) is 2.76. The molecule has 0 aliphatic heterocycles. The average molecular weight is 280 g/mol. The molecule has 0 aliphatic carbocycles. The second kappa shape index (κ2) is 8.59. The van der Waals surface area contributed by atoms with Crippen molar-refractivity contribution >= 4 is 17.6 Å². The number of hydrogen-bond acceptors (Lipinski definition) is 1. The number of halogens is 1. The summed E-state index contributed by atoms with van der Waals surface area (Å²) in [6, 6.07) is 8.01. The molecule has 0 fully saturated rings. The predicted molar refractivity (Wildman–Crippen MR) is 83.8 cm³/mol. The zero-order valence-electron chi connectivity index (χ0n) is 11.8. The number of allylic oxidation sites excluding steroid dienone is 1. The molecule has 1 aromatic carbocycles. The van der Waals surface area contributed by atoms with E-state index in [0.717, 1.165) is 29.5 Å². The van der Waals surface area contributed by atoms with Crippen LogP contribution in [-0.2, 0) is 0 Å². The largest absolute Gasteiger partial charge is 0.356 e. The van der Waals surface area contributed by atoms with Crippen LogP contribution in [0.1, 0.15) is 31.9 Å². The first kappa shape index (κ1) is 15.6. The van der Waals surface area contributed by atoms with Gasteiger partial charge in [0.2, 0.25) is 0 Å². The lowest BCUT2D eigenvalue weighted by Gasteiger charge is -2.18. The van der Waals surface area contributed by atoms with Crippen molar-refractivity contribution in [2.24, 2.45) is 4.99 Å². The fraction of sp³-hybridized carbons (Fsp3) is 0.400. The highest BCUT2D eigenvalue weighted by molar-refractivity contribution is 6.30. The quantitative estimate of drug-likeness (QED) is 0.374. The maximum absolute atomic E-state index is 6.00. The molecule has 1 atom stereocenters. The Morgan fingerprint density at radius 1 is 1.47 bits per heavy atom. The van der Waals surface area contributed by atoms with Gasteiger partial charge in [-0.2, -0.15) is 0 Å². The number of guanidine groups is 1. The van der Waals surface area contributed by atoms with Crippen LogP contribution in [-0.4, -0.2) is 19.6 Å². The lowest BCUT2D eigenvalue weighted by atomic mass is 10.1. The lowest BCUT2D eigenvalue weighted by Crippen LogP contribution is -2.39. The summed E-state index contributed by atoms with van der Waals surface area (Å²) >= 11 is 6.00. The Morgan fingerprint density at radius 2 is 2.26 bits per heavy atom. The smallest absolute Gasteiger partial charge is 0.191 e. The van der Waals surface area contributed by atoms with Gasteiger partial charge in [-0.15, -0.1) is 0 Å². The standard InChI is InChI=1S/C15H22ClN3/c1-4-5-6-10-18-15(17-3)19-12(2)13-8-7-9-14(16)11-13/h4-5,7-9,11-12H,6,10H2,1-3H3,(H2,17,18,19)/b5-4+. The first-order valence-electron chi connectivity index (χ1n) is 6.51. The van der Waals surface area contributed by atoms with Gasteiger partial charge in [-0.3, -0.25) is 4.99 Å². The van der Waals surface area contributed by atoms with Gasteiger partial charge >= 0.3 is 0 Å². The highest BCUT2D eigenvalue weighted by Gasteiger charge is 2.07. The van der Waals surface area contributed by atoms with Crippen molar-refractivity contribution in [2.75, 3.05) is 13.6 Å². The van der Waals surface area contributed by atoms with Crippen molar-refractivity contribution in [3.8, 4) is 0 Å². The molecule has 1 aromatic rings. The lowest BCUT2D eigenvalue weighted by molar-refractivity contribution is 0.686. The van der Waals surface area contributed by atoms with Gasteiger partial charge in [0.25, 0.3) is 0 Å². The molecule has 0 aromatic heterocycles. The Labute approximate surface area is 120 Å². The fourth-order valence-electron chi connectivity index (χ4n) is 1.70. The van der Waals surface area contributed by atoms with Crippen LogP contribution in [0.25, 0.3) is 0 Å². The van der Waals surface area contributed by atoms with E-state index in [9.17, 15) is 0 Å². The number of benzene rings is 1. The maximum atomic E-state index is 6.00. The molecule has 4 heteroatoms. The van der Waals surface area contributed by atoms with Crippen molar-refractivity contribution < 1.29 is 0 Å². The third-order valence-corrected chi connectivity index (χ3v) is 3.00. The van der Waals surface area contributed by atoms with Gasteiger partial charge in [-0.05, 0) is 38.0 Å². The molecule has 19 heavy (non-hydrogen) atoms. The number of nitrogens with zero attached hydrogens (tertiary/aromatic N) is 1. The Kier molecular flexibility index (Phi) is 7.04. The molecule has 0 amide bonds. The number of nitrogens with one attached hydrogen (secondary N) is 2. The summed E-state index contributed by atoms with van der Waals surface area (Å²) in [5.41, 5.74) is 1.14. The van der Waals surface area contributed by atoms with Crippen LogP contribution in [0.3, 0.4) is 0 Å². The Hall–Kier alpha value is -1.48. The molecular weight excluding hydrogens is 258 g/mol. The molecule has 0 saturated carbocycles. The van der Waals surface area contributed by atoms with E-state index in [-0.39, 0.29) is 6.04 Å². The SMILES string of the molecule is C/C=C/CCNC(=NC)NC(C)c1cccc(Cl)c1. The van der Waals surface area contributed by atoms with E-state index >= 15 is 0 Å². The van der Waals surface area contributed by atoms with Crippen LogP contribution in [0.2, 0.25) is 5.02 Å². The third kappa shape index (κ3) is 5.79. The second-order valence-corrected chi connectivity index (χ2v) is 4.71. The van der Waals surface area contributed by atoms with Crippen LogP contribution in [0, 0.1) is 0 Å². The minimum Gasteiger partial charge on any atom is -0.356 e. The zero-order chi connectivity index (χ0) is 14.1. The van der Waals surface area contributed by atoms with Crippen molar-refractivity contribution in [1.29, 1.82) is 0 Å². The number of rotatable bonds is 5. The summed E-state index contributed by atoms with van der Waals surface area (Å²) in [7, 11) is 1.77. The van der Waals surface area contributed by atoms with Gasteiger partial charge in [0, 0.05) is 18.6 Å². The van der Waals surface area contributed by atoms with E-state index < -0.39 is 0 Å². The first-order valence-corrected chi connectivity index (χ1v) is 6.89. The van der Waals surface area contributed by atoms with Gasteiger partial charge in [0.15, 0.2) is 5.96 Å². The molecule has 0 saturated heterocycles. The molecule has 2 N–H and O–H groups in total. The molecule has 3 nitrogen and oxygen atoms in total. The summed E-state index contributed by atoms with van der Waals surface area (Å²) in [6.07, 6.45) is 5.16. The average Bonchev–Trinajstić information content (AvgIpc) is 2.42. The molecule has 0 spiro atoms. The molecule has 1 rings (SSSR count).